The second-order valence-electron chi connectivity index (χ2n) is 6.40. The van der Waals surface area contributed by atoms with Crippen molar-refractivity contribution in [2.24, 2.45) is 4.99 Å². The third kappa shape index (κ3) is 7.48. The first-order valence-electron chi connectivity index (χ1n) is 8.17. The molecular weight excluding hydrogens is 288 g/mol. The van der Waals surface area contributed by atoms with Crippen molar-refractivity contribution in [3.05, 3.63) is 35.9 Å². The van der Waals surface area contributed by atoms with Gasteiger partial charge in [-0.05, 0) is 12.6 Å². The number of nitrogens with one attached hydrogen (secondary N) is 2. The van der Waals surface area contributed by atoms with Crippen LogP contribution in [0.1, 0.15) is 19.4 Å². The minimum Gasteiger partial charge on any atom is -0.383 e. The zero-order valence-electron chi connectivity index (χ0n) is 15.2. The van der Waals surface area contributed by atoms with Crippen LogP contribution in [0.4, 0.5) is 0 Å². The Bertz CT molecular complexity index is 459. The maximum absolute atomic E-state index is 5.08. The van der Waals surface area contributed by atoms with Crippen molar-refractivity contribution in [2.45, 2.75) is 19.3 Å². The number of rotatable bonds is 9. The number of hydrogen-bond acceptors (Lipinski definition) is 3. The number of aliphatic imine (C=N–C) groups is 1. The molecule has 1 aromatic carbocycles. The minimum absolute atomic E-state index is 0.0497. The lowest BCUT2D eigenvalue weighted by atomic mass is 9.85. The van der Waals surface area contributed by atoms with Crippen LogP contribution in [-0.2, 0) is 10.2 Å². The summed E-state index contributed by atoms with van der Waals surface area (Å²) in [4.78, 5) is 6.53. The van der Waals surface area contributed by atoms with E-state index >= 15 is 0 Å². The molecule has 0 aliphatic rings. The first-order valence-corrected chi connectivity index (χ1v) is 8.17. The molecule has 5 heteroatoms. The Hall–Kier alpha value is -1.59. The van der Waals surface area contributed by atoms with Crippen molar-refractivity contribution in [3.63, 3.8) is 0 Å². The summed E-state index contributed by atoms with van der Waals surface area (Å²) in [5.41, 5.74) is 1.37. The van der Waals surface area contributed by atoms with E-state index in [4.69, 9.17) is 4.74 Å². The molecule has 1 aromatic rings. The van der Waals surface area contributed by atoms with Crippen molar-refractivity contribution in [2.75, 3.05) is 54.0 Å². The molecule has 23 heavy (non-hydrogen) atoms. The molecule has 1 rings (SSSR count). The Morgan fingerprint density at radius 1 is 1.17 bits per heavy atom. The molecular formula is C18H32N4O. The second-order valence-corrected chi connectivity index (χ2v) is 6.40. The SMILES string of the molecule is CN=C(NCCN(C)CCOC)NCC(C)(C)c1ccccc1. The first-order chi connectivity index (χ1) is 11.0. The topological polar surface area (TPSA) is 48.9 Å². The lowest BCUT2D eigenvalue weighted by molar-refractivity contribution is 0.162. The highest BCUT2D eigenvalue weighted by molar-refractivity contribution is 5.79. The molecule has 2 N–H and O–H groups in total. The summed E-state index contributed by atoms with van der Waals surface area (Å²) in [5.74, 6) is 0.842. The molecule has 0 bridgehead atoms. The molecule has 0 fully saturated rings. The monoisotopic (exact) mass is 320 g/mol. The van der Waals surface area contributed by atoms with E-state index in [1.807, 2.05) is 6.07 Å². The van der Waals surface area contributed by atoms with Crippen LogP contribution in [-0.4, -0.2) is 64.9 Å². The molecule has 0 aliphatic carbocycles. The van der Waals surface area contributed by atoms with Gasteiger partial charge in [0.25, 0.3) is 0 Å². The fourth-order valence-corrected chi connectivity index (χ4v) is 2.24. The third-order valence-corrected chi connectivity index (χ3v) is 3.94. The van der Waals surface area contributed by atoms with Crippen molar-refractivity contribution in [3.8, 4) is 0 Å². The molecule has 0 unspecified atom stereocenters. The molecule has 0 spiro atoms. The van der Waals surface area contributed by atoms with Crippen LogP contribution in [0.15, 0.2) is 35.3 Å². The van der Waals surface area contributed by atoms with Gasteiger partial charge < -0.3 is 20.3 Å². The lowest BCUT2D eigenvalue weighted by Gasteiger charge is -2.27. The summed E-state index contributed by atoms with van der Waals surface area (Å²) in [5, 5.41) is 6.78. The van der Waals surface area contributed by atoms with Crippen LogP contribution in [0.2, 0.25) is 0 Å². The van der Waals surface area contributed by atoms with Crippen LogP contribution in [0.25, 0.3) is 0 Å². The van der Waals surface area contributed by atoms with Gasteiger partial charge in [0.05, 0.1) is 6.61 Å². The smallest absolute Gasteiger partial charge is 0.191 e. The Morgan fingerprint density at radius 2 is 1.87 bits per heavy atom. The molecule has 0 aliphatic heterocycles. The normalized spacial score (nSPS) is 12.5. The number of hydrogen-bond donors (Lipinski definition) is 2. The van der Waals surface area contributed by atoms with Gasteiger partial charge in [-0.2, -0.15) is 0 Å². The maximum Gasteiger partial charge on any atom is 0.191 e. The van der Waals surface area contributed by atoms with Gasteiger partial charge >= 0.3 is 0 Å². The molecule has 0 atom stereocenters. The van der Waals surface area contributed by atoms with E-state index in [1.165, 1.54) is 5.56 Å². The Kier molecular flexibility index (Phi) is 8.66. The van der Waals surface area contributed by atoms with E-state index in [1.54, 1.807) is 14.2 Å². The highest BCUT2D eigenvalue weighted by Gasteiger charge is 2.20. The quantitative estimate of drug-likeness (QED) is 0.537. The number of benzene rings is 1. The van der Waals surface area contributed by atoms with E-state index < -0.39 is 0 Å². The number of nitrogens with zero attached hydrogens (tertiary/aromatic N) is 2. The van der Waals surface area contributed by atoms with Gasteiger partial charge in [0.1, 0.15) is 0 Å². The molecule has 5 nitrogen and oxygen atoms in total. The van der Waals surface area contributed by atoms with Crippen molar-refractivity contribution in [1.29, 1.82) is 0 Å². The zero-order valence-corrected chi connectivity index (χ0v) is 15.2. The summed E-state index contributed by atoms with van der Waals surface area (Å²) in [7, 11) is 5.63. The number of guanidine groups is 1. The summed E-state index contributed by atoms with van der Waals surface area (Å²) in [6.45, 7) is 8.80. The van der Waals surface area contributed by atoms with Gasteiger partial charge in [0, 0.05) is 45.8 Å². The van der Waals surface area contributed by atoms with Gasteiger partial charge in [-0.3, -0.25) is 4.99 Å². The molecule has 0 radical (unpaired) electrons. The molecule has 0 heterocycles. The van der Waals surface area contributed by atoms with Crippen LogP contribution in [0, 0.1) is 0 Å². The van der Waals surface area contributed by atoms with Crippen molar-refractivity contribution < 1.29 is 4.74 Å². The average Bonchev–Trinajstić information content (AvgIpc) is 2.56. The molecule has 0 saturated carbocycles. The van der Waals surface area contributed by atoms with Crippen molar-refractivity contribution >= 4 is 5.96 Å². The second kappa shape index (κ2) is 10.2. The summed E-state index contributed by atoms with van der Waals surface area (Å²) in [6, 6.07) is 10.6. The molecule has 0 amide bonds. The van der Waals surface area contributed by atoms with Crippen molar-refractivity contribution in [1.82, 2.24) is 15.5 Å². The highest BCUT2D eigenvalue weighted by atomic mass is 16.5. The zero-order chi connectivity index (χ0) is 17.1. The van der Waals surface area contributed by atoms with E-state index in [0.29, 0.717) is 0 Å². The Labute approximate surface area is 141 Å². The van der Waals surface area contributed by atoms with Crippen LogP contribution in [0.5, 0.6) is 0 Å². The predicted molar refractivity (Wildman–Crippen MR) is 98.2 cm³/mol. The van der Waals surface area contributed by atoms with Gasteiger partial charge in [-0.1, -0.05) is 44.2 Å². The number of ether oxygens (including phenoxy) is 1. The number of likely N-dealkylation sites (N-methyl/N-ethyl adjacent to an activating group) is 1. The fraction of sp³-hybridized carbons (Fsp3) is 0.611. The standard InChI is InChI=1S/C18H32N4O/c1-18(2,16-9-7-6-8-10-16)15-21-17(19-3)20-11-12-22(4)13-14-23-5/h6-10H,11-15H2,1-5H3,(H2,19,20,21). The minimum atomic E-state index is 0.0497. The molecule has 130 valence electrons. The summed E-state index contributed by atoms with van der Waals surface area (Å²) >= 11 is 0. The maximum atomic E-state index is 5.08. The third-order valence-electron chi connectivity index (χ3n) is 3.94. The predicted octanol–water partition coefficient (Wildman–Crippen LogP) is 1.71. The van der Waals surface area contributed by atoms with Gasteiger partial charge in [-0.25, -0.2) is 0 Å². The average molecular weight is 320 g/mol. The summed E-state index contributed by atoms with van der Waals surface area (Å²) < 4.78 is 5.08. The van der Waals surface area contributed by atoms with E-state index in [2.05, 4.69) is 65.7 Å². The van der Waals surface area contributed by atoms with E-state index in [9.17, 15) is 0 Å². The molecule has 0 aromatic heterocycles. The lowest BCUT2D eigenvalue weighted by Crippen LogP contribution is -2.45. The first kappa shape index (κ1) is 19.5. The van der Waals surface area contributed by atoms with E-state index in [0.717, 1.165) is 38.7 Å². The number of methoxy groups -OCH3 is 1. The fourth-order valence-electron chi connectivity index (χ4n) is 2.24. The van der Waals surface area contributed by atoms with Crippen LogP contribution < -0.4 is 10.6 Å². The Morgan fingerprint density at radius 3 is 2.48 bits per heavy atom. The van der Waals surface area contributed by atoms with Gasteiger partial charge in [0.2, 0.25) is 0 Å². The van der Waals surface area contributed by atoms with Gasteiger partial charge in [-0.15, -0.1) is 0 Å². The Balaban J connectivity index is 2.37. The largest absolute Gasteiger partial charge is 0.383 e. The van der Waals surface area contributed by atoms with Crippen LogP contribution in [0.3, 0.4) is 0 Å². The van der Waals surface area contributed by atoms with Crippen LogP contribution >= 0.6 is 0 Å². The summed E-state index contributed by atoms with van der Waals surface area (Å²) in [6.07, 6.45) is 0. The highest BCUT2D eigenvalue weighted by Crippen LogP contribution is 2.21. The van der Waals surface area contributed by atoms with Gasteiger partial charge in [0.15, 0.2) is 5.96 Å². The molecule has 0 saturated heterocycles. The van der Waals surface area contributed by atoms with E-state index in [-0.39, 0.29) is 5.41 Å².